The molecule has 0 unspecified atom stereocenters. The van der Waals surface area contributed by atoms with E-state index in [1.807, 2.05) is 62.4 Å². The van der Waals surface area contributed by atoms with E-state index in [2.05, 4.69) is 9.97 Å². The highest BCUT2D eigenvalue weighted by atomic mass is 16.5. The molecule has 0 saturated carbocycles. The minimum absolute atomic E-state index is 0.193. The molecule has 1 heterocycles. The maximum absolute atomic E-state index is 12.4. The molecule has 144 valence electrons. The molecule has 0 atom stereocenters. The van der Waals surface area contributed by atoms with Gasteiger partial charge in [-0.05, 0) is 61.4 Å². The lowest BCUT2D eigenvalue weighted by atomic mass is 10.2. The summed E-state index contributed by atoms with van der Waals surface area (Å²) in [6.07, 6.45) is 3.24. The molecule has 0 aliphatic heterocycles. The highest BCUT2D eigenvalue weighted by molar-refractivity contribution is 5.51. The molecule has 28 heavy (non-hydrogen) atoms. The quantitative estimate of drug-likeness (QED) is 0.681. The lowest BCUT2D eigenvalue weighted by Crippen LogP contribution is -2.46. The zero-order valence-corrected chi connectivity index (χ0v) is 15.8. The van der Waals surface area contributed by atoms with Crippen LogP contribution in [0.3, 0.4) is 0 Å². The summed E-state index contributed by atoms with van der Waals surface area (Å²) in [6, 6.07) is 14.5. The maximum atomic E-state index is 12.4. The second kappa shape index (κ2) is 8.90. The van der Waals surface area contributed by atoms with E-state index < -0.39 is 0 Å². The van der Waals surface area contributed by atoms with Gasteiger partial charge in [0.1, 0.15) is 22.2 Å². The molecule has 2 N–H and O–H groups in total. The summed E-state index contributed by atoms with van der Waals surface area (Å²) >= 11 is 0. The summed E-state index contributed by atoms with van der Waals surface area (Å²) in [6.45, 7) is 5.00. The number of benzene rings is 2. The minimum Gasteiger partial charge on any atom is -0.494 e. The minimum atomic E-state index is -0.370. The van der Waals surface area contributed by atoms with Gasteiger partial charge in [-0.3, -0.25) is 9.59 Å². The van der Waals surface area contributed by atoms with E-state index in [0.717, 1.165) is 22.6 Å². The number of nitrogens with one attached hydrogen (secondary N) is 2. The lowest BCUT2D eigenvalue weighted by Gasteiger charge is -2.02. The predicted molar refractivity (Wildman–Crippen MR) is 109 cm³/mol. The molecule has 0 bridgehead atoms. The standard InChI is InChI=1S/C22H22N2O4/c1-3-27-17-9-5-15(6-10-17)13-19-21(25)24-20(22(26)23-19)14-16-7-11-18(12-8-16)28-4-2/h5-14H,3-4H2,1-2H3,(H,23,26)(H,24,25)/b19-13+,20-14?. The van der Waals surface area contributed by atoms with Gasteiger partial charge >= 0.3 is 0 Å². The van der Waals surface area contributed by atoms with Crippen LogP contribution in [0.25, 0.3) is 12.2 Å². The number of ether oxygens (including phenoxy) is 2. The Balaban J connectivity index is 1.94. The van der Waals surface area contributed by atoms with E-state index in [1.165, 1.54) is 0 Å². The van der Waals surface area contributed by atoms with Crippen molar-refractivity contribution in [1.82, 2.24) is 9.97 Å². The molecule has 3 aromatic rings. The Morgan fingerprint density at radius 1 is 0.679 bits per heavy atom. The van der Waals surface area contributed by atoms with Gasteiger partial charge in [-0.25, -0.2) is 0 Å². The van der Waals surface area contributed by atoms with E-state index in [0.29, 0.717) is 13.2 Å². The second-order valence-corrected chi connectivity index (χ2v) is 6.03. The van der Waals surface area contributed by atoms with Crippen LogP contribution >= 0.6 is 0 Å². The van der Waals surface area contributed by atoms with Crippen molar-refractivity contribution in [1.29, 1.82) is 0 Å². The third-order valence-corrected chi connectivity index (χ3v) is 3.99. The molecular formula is C22H22N2O4. The first-order valence-corrected chi connectivity index (χ1v) is 9.11. The van der Waals surface area contributed by atoms with Crippen molar-refractivity contribution >= 4 is 12.2 Å². The Morgan fingerprint density at radius 2 is 1.04 bits per heavy atom. The van der Waals surface area contributed by atoms with Crippen molar-refractivity contribution in [3.63, 3.8) is 0 Å². The first kappa shape index (κ1) is 19.2. The highest BCUT2D eigenvalue weighted by Crippen LogP contribution is 2.12. The van der Waals surface area contributed by atoms with Crippen LogP contribution in [-0.2, 0) is 0 Å². The second-order valence-electron chi connectivity index (χ2n) is 6.03. The van der Waals surface area contributed by atoms with Crippen LogP contribution in [0.15, 0.2) is 58.1 Å². The highest BCUT2D eigenvalue weighted by Gasteiger charge is 1.99. The maximum Gasteiger partial charge on any atom is 0.272 e. The number of aromatic nitrogens is 2. The lowest BCUT2D eigenvalue weighted by molar-refractivity contribution is 0.340. The fourth-order valence-electron chi connectivity index (χ4n) is 2.68. The molecule has 0 radical (unpaired) electrons. The van der Waals surface area contributed by atoms with Crippen LogP contribution in [0.2, 0.25) is 0 Å². The molecule has 6 heteroatoms. The molecule has 0 fully saturated rings. The molecular weight excluding hydrogens is 356 g/mol. The number of aromatic amines is 2. The van der Waals surface area contributed by atoms with Gasteiger partial charge in [-0.1, -0.05) is 24.3 Å². The summed E-state index contributed by atoms with van der Waals surface area (Å²) in [5.74, 6) is 1.50. The topological polar surface area (TPSA) is 84.2 Å². The van der Waals surface area contributed by atoms with Gasteiger partial charge in [-0.2, -0.15) is 0 Å². The van der Waals surface area contributed by atoms with E-state index >= 15 is 0 Å². The van der Waals surface area contributed by atoms with Gasteiger partial charge in [0.15, 0.2) is 0 Å². The first-order valence-electron chi connectivity index (χ1n) is 9.11. The Labute approximate surface area is 161 Å². The van der Waals surface area contributed by atoms with Gasteiger partial charge in [0.25, 0.3) is 11.1 Å². The molecule has 3 rings (SSSR count). The van der Waals surface area contributed by atoms with Crippen LogP contribution in [0.4, 0.5) is 0 Å². The van der Waals surface area contributed by atoms with E-state index in [4.69, 9.17) is 9.47 Å². The molecule has 0 saturated heterocycles. The van der Waals surface area contributed by atoms with Crippen molar-refractivity contribution in [2.75, 3.05) is 13.2 Å². The van der Waals surface area contributed by atoms with Gasteiger partial charge in [-0.15, -0.1) is 0 Å². The van der Waals surface area contributed by atoms with Crippen LogP contribution in [0, 0.1) is 0 Å². The van der Waals surface area contributed by atoms with Gasteiger partial charge < -0.3 is 19.4 Å². The Hall–Kier alpha value is -3.54. The number of H-pyrrole nitrogens is 2. The normalized spacial score (nSPS) is 12.2. The summed E-state index contributed by atoms with van der Waals surface area (Å²) in [5.41, 5.74) is 0.831. The van der Waals surface area contributed by atoms with Gasteiger partial charge in [0.05, 0.1) is 13.2 Å². The fourth-order valence-corrected chi connectivity index (χ4v) is 2.68. The molecule has 6 nitrogen and oxygen atoms in total. The smallest absolute Gasteiger partial charge is 0.272 e. The van der Waals surface area contributed by atoms with Crippen molar-refractivity contribution in [2.45, 2.75) is 13.8 Å². The average Bonchev–Trinajstić information content (AvgIpc) is 2.69. The molecule has 0 spiro atoms. The van der Waals surface area contributed by atoms with Crippen molar-refractivity contribution in [3.05, 3.63) is 91.1 Å². The molecule has 1 aromatic heterocycles. The SMILES string of the molecule is CCOc1ccc(C=c2[nH]c(=O)/c(=C\c3ccc(OCC)cc3)[nH]c2=O)cc1. The summed E-state index contributed by atoms with van der Waals surface area (Å²) < 4.78 is 10.8. The Morgan fingerprint density at radius 3 is 1.36 bits per heavy atom. The first-order chi connectivity index (χ1) is 13.6. The van der Waals surface area contributed by atoms with Crippen LogP contribution in [0.5, 0.6) is 11.5 Å². The summed E-state index contributed by atoms with van der Waals surface area (Å²) in [4.78, 5) is 30.0. The summed E-state index contributed by atoms with van der Waals surface area (Å²) in [5, 5.41) is 0.385. The van der Waals surface area contributed by atoms with Crippen molar-refractivity contribution < 1.29 is 9.47 Å². The van der Waals surface area contributed by atoms with Crippen LogP contribution < -0.4 is 31.3 Å². The molecule has 0 amide bonds. The van der Waals surface area contributed by atoms with Crippen molar-refractivity contribution in [2.24, 2.45) is 0 Å². The number of hydrogen-bond acceptors (Lipinski definition) is 4. The van der Waals surface area contributed by atoms with E-state index in [9.17, 15) is 9.59 Å². The predicted octanol–water partition coefficient (Wildman–Crippen LogP) is 1.52. The van der Waals surface area contributed by atoms with Gasteiger partial charge in [0, 0.05) is 0 Å². The van der Waals surface area contributed by atoms with E-state index in [-0.39, 0.29) is 21.8 Å². The number of hydrogen-bond donors (Lipinski definition) is 2. The third-order valence-electron chi connectivity index (χ3n) is 3.99. The largest absolute Gasteiger partial charge is 0.494 e. The summed E-state index contributed by atoms with van der Waals surface area (Å²) in [7, 11) is 0. The Bertz CT molecular complexity index is 1060. The van der Waals surface area contributed by atoms with Crippen LogP contribution in [-0.4, -0.2) is 23.2 Å². The molecule has 0 aliphatic rings. The zero-order valence-electron chi connectivity index (χ0n) is 15.8. The van der Waals surface area contributed by atoms with E-state index in [1.54, 1.807) is 12.2 Å². The fraction of sp³-hybridized carbons (Fsp3) is 0.182. The Kier molecular flexibility index (Phi) is 6.11. The van der Waals surface area contributed by atoms with Crippen molar-refractivity contribution in [3.8, 4) is 11.5 Å². The zero-order chi connectivity index (χ0) is 19.9. The van der Waals surface area contributed by atoms with Crippen LogP contribution in [0.1, 0.15) is 25.0 Å². The average molecular weight is 378 g/mol. The molecule has 0 aliphatic carbocycles. The third kappa shape index (κ3) is 4.79. The monoisotopic (exact) mass is 378 g/mol. The van der Waals surface area contributed by atoms with Gasteiger partial charge in [0.2, 0.25) is 0 Å². The number of rotatable bonds is 6. The molecule has 2 aromatic carbocycles.